The SMILES string of the molecule is O=C(/C=N\NC(=O)c1ccc(Br)cc1)c1ccccc1. The van der Waals surface area contributed by atoms with Gasteiger partial charge in [0.2, 0.25) is 5.78 Å². The Balaban J connectivity index is 1.95. The number of ketones is 1. The number of amides is 1. The average Bonchev–Trinajstić information content (AvgIpc) is 2.48. The molecule has 0 saturated carbocycles. The Morgan fingerprint density at radius 3 is 2.25 bits per heavy atom. The van der Waals surface area contributed by atoms with Crippen molar-refractivity contribution >= 4 is 33.8 Å². The van der Waals surface area contributed by atoms with Crippen LogP contribution < -0.4 is 5.43 Å². The summed E-state index contributed by atoms with van der Waals surface area (Å²) in [5.41, 5.74) is 3.31. The summed E-state index contributed by atoms with van der Waals surface area (Å²) in [5.74, 6) is -0.628. The first-order chi connectivity index (χ1) is 9.66. The number of benzene rings is 2. The second-order valence-electron chi connectivity index (χ2n) is 3.94. The van der Waals surface area contributed by atoms with E-state index in [0.29, 0.717) is 11.1 Å². The molecule has 0 fully saturated rings. The Labute approximate surface area is 124 Å². The molecule has 0 unspecified atom stereocenters. The van der Waals surface area contributed by atoms with Crippen LogP contribution in [0, 0.1) is 0 Å². The van der Waals surface area contributed by atoms with Gasteiger partial charge in [0.15, 0.2) is 0 Å². The number of halogens is 1. The van der Waals surface area contributed by atoms with Gasteiger partial charge in [-0.3, -0.25) is 9.59 Å². The van der Waals surface area contributed by atoms with E-state index in [2.05, 4.69) is 26.5 Å². The Bertz CT molecular complexity index is 637. The predicted molar refractivity (Wildman–Crippen MR) is 80.9 cm³/mol. The van der Waals surface area contributed by atoms with Crippen molar-refractivity contribution in [2.45, 2.75) is 0 Å². The molecule has 20 heavy (non-hydrogen) atoms. The molecular weight excluding hydrogens is 320 g/mol. The summed E-state index contributed by atoms with van der Waals surface area (Å²) in [5, 5.41) is 3.66. The summed E-state index contributed by atoms with van der Waals surface area (Å²) in [7, 11) is 0. The molecule has 0 spiro atoms. The summed E-state index contributed by atoms with van der Waals surface area (Å²) >= 11 is 3.29. The lowest BCUT2D eigenvalue weighted by atomic mass is 10.1. The molecule has 2 rings (SSSR count). The van der Waals surface area contributed by atoms with Gasteiger partial charge in [-0.25, -0.2) is 5.43 Å². The molecule has 0 saturated heterocycles. The number of rotatable bonds is 4. The van der Waals surface area contributed by atoms with Crippen molar-refractivity contribution in [2.24, 2.45) is 5.10 Å². The number of hydrogen-bond donors (Lipinski definition) is 1. The molecule has 0 aromatic heterocycles. The summed E-state index contributed by atoms with van der Waals surface area (Å²) in [6, 6.07) is 15.6. The molecule has 0 radical (unpaired) electrons. The maximum absolute atomic E-state index is 11.7. The maximum atomic E-state index is 11.7. The molecule has 5 heteroatoms. The zero-order valence-corrected chi connectivity index (χ0v) is 12.0. The Hall–Kier alpha value is -2.27. The molecular formula is C15H11BrN2O2. The van der Waals surface area contributed by atoms with E-state index in [1.807, 2.05) is 6.07 Å². The third-order valence-electron chi connectivity index (χ3n) is 2.51. The molecule has 2 aromatic rings. The van der Waals surface area contributed by atoms with E-state index in [-0.39, 0.29) is 11.7 Å². The third kappa shape index (κ3) is 3.86. The first kappa shape index (κ1) is 14.1. The fourth-order valence-corrected chi connectivity index (χ4v) is 1.76. The highest BCUT2D eigenvalue weighted by Gasteiger charge is 2.04. The molecule has 1 amide bonds. The molecule has 0 atom stereocenters. The first-order valence-electron chi connectivity index (χ1n) is 5.85. The van der Waals surface area contributed by atoms with Crippen molar-refractivity contribution in [3.63, 3.8) is 0 Å². The van der Waals surface area contributed by atoms with Crippen LogP contribution in [0.5, 0.6) is 0 Å². The van der Waals surface area contributed by atoms with Crippen LogP contribution in [0.15, 0.2) is 64.2 Å². The summed E-state index contributed by atoms with van der Waals surface area (Å²) < 4.78 is 0.886. The van der Waals surface area contributed by atoms with Gasteiger partial charge < -0.3 is 0 Å². The van der Waals surface area contributed by atoms with Gasteiger partial charge in [-0.1, -0.05) is 46.3 Å². The second kappa shape index (κ2) is 6.77. The smallest absolute Gasteiger partial charge is 0.271 e. The van der Waals surface area contributed by atoms with Crippen molar-refractivity contribution < 1.29 is 9.59 Å². The predicted octanol–water partition coefficient (Wildman–Crippen LogP) is 3.05. The fraction of sp³-hybridized carbons (Fsp3) is 0. The Morgan fingerprint density at radius 2 is 1.60 bits per heavy atom. The summed E-state index contributed by atoms with van der Waals surface area (Å²) in [6.07, 6.45) is 1.09. The molecule has 0 aliphatic carbocycles. The number of carbonyl (C=O) groups is 2. The van der Waals surface area contributed by atoms with Crippen LogP contribution >= 0.6 is 15.9 Å². The number of Topliss-reactive ketones (excluding diaryl/α,β-unsaturated/α-hetero) is 1. The van der Waals surface area contributed by atoms with Gasteiger partial charge >= 0.3 is 0 Å². The zero-order chi connectivity index (χ0) is 14.4. The summed E-state index contributed by atoms with van der Waals surface area (Å²) in [4.78, 5) is 23.4. The fourth-order valence-electron chi connectivity index (χ4n) is 1.49. The van der Waals surface area contributed by atoms with E-state index in [9.17, 15) is 9.59 Å². The minimum Gasteiger partial charge on any atom is -0.287 e. The van der Waals surface area contributed by atoms with Crippen LogP contribution in [0.3, 0.4) is 0 Å². The normalized spacial score (nSPS) is 10.4. The molecule has 100 valence electrons. The third-order valence-corrected chi connectivity index (χ3v) is 3.04. The highest BCUT2D eigenvalue weighted by Crippen LogP contribution is 2.10. The van der Waals surface area contributed by atoms with Gasteiger partial charge in [0, 0.05) is 15.6 Å². The molecule has 0 aliphatic rings. The van der Waals surface area contributed by atoms with Gasteiger partial charge in [0.1, 0.15) is 0 Å². The highest BCUT2D eigenvalue weighted by molar-refractivity contribution is 9.10. The van der Waals surface area contributed by atoms with Gasteiger partial charge in [-0.2, -0.15) is 5.10 Å². The standard InChI is InChI=1S/C15H11BrN2O2/c16-13-8-6-12(7-9-13)15(20)18-17-10-14(19)11-4-2-1-3-5-11/h1-10H,(H,18,20)/b17-10-. The van der Waals surface area contributed by atoms with Crippen LogP contribution in [0.4, 0.5) is 0 Å². The molecule has 1 N–H and O–H groups in total. The second-order valence-corrected chi connectivity index (χ2v) is 4.85. The first-order valence-corrected chi connectivity index (χ1v) is 6.64. The van der Waals surface area contributed by atoms with E-state index in [0.717, 1.165) is 10.7 Å². The van der Waals surface area contributed by atoms with E-state index in [1.165, 1.54) is 0 Å². The minimum atomic E-state index is -0.366. The zero-order valence-electron chi connectivity index (χ0n) is 10.4. The van der Waals surface area contributed by atoms with Crippen LogP contribution in [-0.2, 0) is 0 Å². The van der Waals surface area contributed by atoms with Crippen molar-refractivity contribution in [1.82, 2.24) is 5.43 Å². The Kier molecular flexibility index (Phi) is 4.79. The van der Waals surface area contributed by atoms with Crippen LogP contribution in [0.25, 0.3) is 0 Å². The highest BCUT2D eigenvalue weighted by atomic mass is 79.9. The molecule has 4 nitrogen and oxygen atoms in total. The average molecular weight is 331 g/mol. The van der Waals surface area contributed by atoms with Crippen molar-refractivity contribution in [3.8, 4) is 0 Å². The topological polar surface area (TPSA) is 58.5 Å². The number of hydrazone groups is 1. The van der Waals surface area contributed by atoms with Gasteiger partial charge in [-0.05, 0) is 24.3 Å². The summed E-state index contributed by atoms with van der Waals surface area (Å²) in [6.45, 7) is 0. The van der Waals surface area contributed by atoms with E-state index in [1.54, 1.807) is 48.5 Å². The van der Waals surface area contributed by atoms with Gasteiger partial charge in [-0.15, -0.1) is 0 Å². The largest absolute Gasteiger partial charge is 0.287 e. The number of nitrogens with zero attached hydrogens (tertiary/aromatic N) is 1. The van der Waals surface area contributed by atoms with Crippen LogP contribution in [-0.4, -0.2) is 17.9 Å². The van der Waals surface area contributed by atoms with E-state index >= 15 is 0 Å². The number of carbonyl (C=O) groups excluding carboxylic acids is 2. The molecule has 0 bridgehead atoms. The van der Waals surface area contributed by atoms with Gasteiger partial charge in [0.05, 0.1) is 6.21 Å². The maximum Gasteiger partial charge on any atom is 0.271 e. The lowest BCUT2D eigenvalue weighted by Crippen LogP contribution is -2.18. The lowest BCUT2D eigenvalue weighted by Gasteiger charge is -1.99. The minimum absolute atomic E-state index is 0.262. The number of hydrogen-bond acceptors (Lipinski definition) is 3. The molecule has 0 aliphatic heterocycles. The van der Waals surface area contributed by atoms with Crippen molar-refractivity contribution in [1.29, 1.82) is 0 Å². The quantitative estimate of drug-likeness (QED) is 0.532. The van der Waals surface area contributed by atoms with Crippen LogP contribution in [0.1, 0.15) is 20.7 Å². The number of nitrogens with one attached hydrogen (secondary N) is 1. The van der Waals surface area contributed by atoms with Gasteiger partial charge in [0.25, 0.3) is 5.91 Å². The van der Waals surface area contributed by atoms with Crippen LogP contribution in [0.2, 0.25) is 0 Å². The monoisotopic (exact) mass is 330 g/mol. The lowest BCUT2D eigenvalue weighted by molar-refractivity contribution is 0.0955. The molecule has 2 aromatic carbocycles. The van der Waals surface area contributed by atoms with Crippen molar-refractivity contribution in [2.75, 3.05) is 0 Å². The van der Waals surface area contributed by atoms with E-state index < -0.39 is 0 Å². The van der Waals surface area contributed by atoms with Crippen molar-refractivity contribution in [3.05, 3.63) is 70.2 Å². The Morgan fingerprint density at radius 1 is 0.950 bits per heavy atom. The molecule has 0 heterocycles. The van der Waals surface area contributed by atoms with E-state index in [4.69, 9.17) is 0 Å².